The third-order valence-electron chi connectivity index (χ3n) is 3.60. The van der Waals surface area contributed by atoms with Crippen molar-refractivity contribution in [3.8, 4) is 11.5 Å². The van der Waals surface area contributed by atoms with E-state index in [0.717, 1.165) is 0 Å². The van der Waals surface area contributed by atoms with Crippen molar-refractivity contribution >= 4 is 33.0 Å². The zero-order valence-corrected chi connectivity index (χ0v) is 15.9. The number of benzene rings is 2. The monoisotopic (exact) mass is 412 g/mol. The first kappa shape index (κ1) is 20.7. The molecule has 0 unspecified atom stereocenters. The highest BCUT2D eigenvalue weighted by Crippen LogP contribution is 2.33. The fraction of sp³-hybridized carbons (Fsp3) is 0.235. The van der Waals surface area contributed by atoms with E-state index in [0.29, 0.717) is 11.3 Å². The predicted molar refractivity (Wildman–Crippen MR) is 101 cm³/mol. The Kier molecular flexibility index (Phi) is 6.75. The second-order valence-corrected chi connectivity index (χ2v) is 8.40. The third-order valence-corrected chi connectivity index (χ3v) is 5.54. The summed E-state index contributed by atoms with van der Waals surface area (Å²) >= 11 is 5.76. The molecule has 2 rings (SSSR count). The molecule has 27 heavy (non-hydrogen) atoms. The smallest absolute Gasteiger partial charge is 0.313 e. The van der Waals surface area contributed by atoms with E-state index in [1.807, 2.05) is 0 Å². The number of halogens is 1. The van der Waals surface area contributed by atoms with E-state index in [-0.39, 0.29) is 34.5 Å². The first-order valence-electron chi connectivity index (χ1n) is 7.92. The van der Waals surface area contributed by atoms with Crippen molar-refractivity contribution in [1.29, 1.82) is 0 Å². The van der Waals surface area contributed by atoms with Crippen molar-refractivity contribution in [2.75, 3.05) is 18.1 Å². The zero-order chi connectivity index (χ0) is 20.0. The Hall–Kier alpha value is -2.65. The van der Waals surface area contributed by atoms with Gasteiger partial charge < -0.3 is 10.1 Å². The average Bonchev–Trinajstić information content (AvgIpc) is 2.63. The third kappa shape index (κ3) is 5.93. The Labute approximate surface area is 161 Å². The van der Waals surface area contributed by atoms with Crippen molar-refractivity contribution in [3.63, 3.8) is 0 Å². The van der Waals surface area contributed by atoms with Gasteiger partial charge in [0.05, 0.1) is 10.7 Å². The van der Waals surface area contributed by atoms with Crippen LogP contribution in [0.25, 0.3) is 0 Å². The fourth-order valence-corrected chi connectivity index (χ4v) is 2.96. The van der Waals surface area contributed by atoms with Crippen molar-refractivity contribution in [1.82, 2.24) is 5.32 Å². The minimum Gasteiger partial charge on any atom is -0.450 e. The number of sulfone groups is 1. The lowest BCUT2D eigenvalue weighted by molar-refractivity contribution is -0.385. The summed E-state index contributed by atoms with van der Waals surface area (Å²) in [6.07, 6.45) is 0. The first-order chi connectivity index (χ1) is 12.7. The number of amides is 1. The van der Waals surface area contributed by atoms with Gasteiger partial charge in [0.1, 0.15) is 5.75 Å². The molecule has 0 aliphatic carbocycles. The Morgan fingerprint density at radius 3 is 2.48 bits per heavy atom. The second kappa shape index (κ2) is 8.83. The van der Waals surface area contributed by atoms with E-state index < -0.39 is 20.7 Å². The van der Waals surface area contributed by atoms with E-state index in [1.54, 1.807) is 6.92 Å². The molecule has 2 aromatic carbocycles. The normalized spacial score (nSPS) is 11.0. The number of nitrogens with one attached hydrogen (secondary N) is 1. The summed E-state index contributed by atoms with van der Waals surface area (Å²) in [4.78, 5) is 22.5. The SMILES string of the molecule is CCS(=O)(=O)CCNC(=O)c1ccc(Oc2ccc(Cl)cc2[N+](=O)[O-])cc1. The molecule has 0 aromatic heterocycles. The minimum absolute atomic E-state index is 0.0181. The molecule has 0 saturated carbocycles. The van der Waals surface area contributed by atoms with Crippen molar-refractivity contribution in [2.45, 2.75) is 6.92 Å². The van der Waals surface area contributed by atoms with Crippen molar-refractivity contribution in [3.05, 3.63) is 63.2 Å². The van der Waals surface area contributed by atoms with Crippen LogP contribution < -0.4 is 10.1 Å². The number of carbonyl (C=O) groups excluding carboxylic acids is 1. The summed E-state index contributed by atoms with van der Waals surface area (Å²) < 4.78 is 28.3. The van der Waals surface area contributed by atoms with Gasteiger partial charge in [-0.05, 0) is 36.4 Å². The molecule has 0 saturated heterocycles. The van der Waals surface area contributed by atoms with Crippen LogP contribution in [-0.4, -0.2) is 37.3 Å². The van der Waals surface area contributed by atoms with Crippen LogP contribution in [0, 0.1) is 10.1 Å². The minimum atomic E-state index is -3.15. The Morgan fingerprint density at radius 1 is 1.22 bits per heavy atom. The number of rotatable bonds is 8. The quantitative estimate of drug-likeness (QED) is 0.525. The molecule has 0 aliphatic rings. The number of nitro groups is 1. The summed E-state index contributed by atoms with van der Waals surface area (Å²) in [7, 11) is -3.15. The van der Waals surface area contributed by atoms with Crippen LogP contribution in [0.1, 0.15) is 17.3 Å². The molecule has 10 heteroatoms. The highest BCUT2D eigenvalue weighted by molar-refractivity contribution is 7.91. The van der Waals surface area contributed by atoms with Gasteiger partial charge in [-0.3, -0.25) is 14.9 Å². The van der Waals surface area contributed by atoms with Gasteiger partial charge in [0.25, 0.3) is 5.91 Å². The van der Waals surface area contributed by atoms with Gasteiger partial charge in [0, 0.05) is 29.0 Å². The summed E-state index contributed by atoms with van der Waals surface area (Å²) in [5, 5.41) is 13.8. The number of hydrogen-bond donors (Lipinski definition) is 1. The van der Waals surface area contributed by atoms with E-state index in [9.17, 15) is 23.3 Å². The topological polar surface area (TPSA) is 116 Å². The standard InChI is InChI=1S/C17H17ClN2O6S/c1-2-27(24,25)10-9-19-17(21)12-3-6-14(7-4-12)26-16-8-5-13(18)11-15(16)20(22)23/h3-8,11H,2,9-10H2,1H3,(H,19,21). The fourth-order valence-electron chi connectivity index (χ4n) is 2.09. The molecule has 0 bridgehead atoms. The Balaban J connectivity index is 2.03. The highest BCUT2D eigenvalue weighted by Gasteiger charge is 2.17. The summed E-state index contributed by atoms with van der Waals surface area (Å²) in [6.45, 7) is 1.56. The van der Waals surface area contributed by atoms with Gasteiger partial charge >= 0.3 is 5.69 Å². The van der Waals surface area contributed by atoms with Crippen LogP contribution in [0.5, 0.6) is 11.5 Å². The second-order valence-electron chi connectivity index (χ2n) is 5.49. The van der Waals surface area contributed by atoms with Gasteiger partial charge in [0.2, 0.25) is 5.75 Å². The molecular formula is C17H17ClN2O6S. The van der Waals surface area contributed by atoms with E-state index >= 15 is 0 Å². The molecule has 2 aromatic rings. The summed E-state index contributed by atoms with van der Waals surface area (Å²) in [5.74, 6) is -0.218. The van der Waals surface area contributed by atoms with Crippen LogP contribution in [0.15, 0.2) is 42.5 Å². The number of ether oxygens (including phenoxy) is 1. The molecule has 0 atom stereocenters. The highest BCUT2D eigenvalue weighted by atomic mass is 35.5. The number of carbonyl (C=O) groups is 1. The first-order valence-corrected chi connectivity index (χ1v) is 10.1. The number of hydrogen-bond acceptors (Lipinski definition) is 6. The molecule has 1 amide bonds. The number of nitrogens with zero attached hydrogens (tertiary/aromatic N) is 1. The van der Waals surface area contributed by atoms with Gasteiger partial charge in [-0.1, -0.05) is 18.5 Å². The number of nitro benzene ring substituents is 1. The molecular weight excluding hydrogens is 396 g/mol. The van der Waals surface area contributed by atoms with Gasteiger partial charge in [0.15, 0.2) is 9.84 Å². The largest absolute Gasteiger partial charge is 0.450 e. The molecule has 0 heterocycles. The molecule has 144 valence electrons. The maximum atomic E-state index is 12.0. The molecule has 0 radical (unpaired) electrons. The maximum Gasteiger partial charge on any atom is 0.313 e. The Morgan fingerprint density at radius 2 is 1.89 bits per heavy atom. The van der Waals surface area contributed by atoms with Crippen LogP contribution in [0.4, 0.5) is 5.69 Å². The van der Waals surface area contributed by atoms with Gasteiger partial charge in [-0.15, -0.1) is 0 Å². The predicted octanol–water partition coefficient (Wildman–Crippen LogP) is 3.21. The van der Waals surface area contributed by atoms with Crippen LogP contribution >= 0.6 is 11.6 Å². The molecule has 0 spiro atoms. The van der Waals surface area contributed by atoms with Gasteiger partial charge in [-0.25, -0.2) is 8.42 Å². The zero-order valence-electron chi connectivity index (χ0n) is 14.3. The van der Waals surface area contributed by atoms with E-state index in [2.05, 4.69) is 5.32 Å². The molecule has 0 fully saturated rings. The summed E-state index contributed by atoms with van der Waals surface area (Å²) in [6, 6.07) is 9.95. The van der Waals surface area contributed by atoms with Crippen LogP contribution in [0.2, 0.25) is 5.02 Å². The van der Waals surface area contributed by atoms with Crippen LogP contribution in [0.3, 0.4) is 0 Å². The molecule has 8 nitrogen and oxygen atoms in total. The lowest BCUT2D eigenvalue weighted by Crippen LogP contribution is -2.29. The van der Waals surface area contributed by atoms with Crippen molar-refractivity contribution < 1.29 is 22.9 Å². The molecule has 1 N–H and O–H groups in total. The average molecular weight is 413 g/mol. The summed E-state index contributed by atoms with van der Waals surface area (Å²) in [5.41, 5.74) is 0.0308. The van der Waals surface area contributed by atoms with Gasteiger partial charge in [-0.2, -0.15) is 0 Å². The van der Waals surface area contributed by atoms with E-state index in [4.69, 9.17) is 16.3 Å². The maximum absolute atomic E-state index is 12.0. The lowest BCUT2D eigenvalue weighted by atomic mass is 10.2. The molecule has 0 aliphatic heterocycles. The lowest BCUT2D eigenvalue weighted by Gasteiger charge is -2.08. The van der Waals surface area contributed by atoms with Crippen LogP contribution in [-0.2, 0) is 9.84 Å². The van der Waals surface area contributed by atoms with E-state index in [1.165, 1.54) is 42.5 Å². The Bertz CT molecular complexity index is 944. The van der Waals surface area contributed by atoms with Crippen molar-refractivity contribution in [2.24, 2.45) is 0 Å².